The summed E-state index contributed by atoms with van der Waals surface area (Å²) in [4.78, 5) is 12.4. The van der Waals surface area contributed by atoms with E-state index in [4.69, 9.17) is 0 Å². The molecule has 1 saturated carbocycles. The molecule has 1 N–H and O–H groups in total. The molecule has 0 aliphatic heterocycles. The summed E-state index contributed by atoms with van der Waals surface area (Å²) in [5, 5.41) is -0.190. The number of sulfonamides is 1. The smallest absolute Gasteiger partial charge is 0.214 e. The number of nitrogens with one attached hydrogen (secondary N) is 1. The van der Waals surface area contributed by atoms with Gasteiger partial charge in [-0.2, -0.15) is 0 Å². The lowest BCUT2D eigenvalue weighted by Gasteiger charge is -2.08. The molecule has 1 aliphatic carbocycles. The summed E-state index contributed by atoms with van der Waals surface area (Å²) in [7, 11) is -3.13. The van der Waals surface area contributed by atoms with E-state index in [1.807, 2.05) is 4.57 Å². The number of rotatable bonds is 6. The van der Waals surface area contributed by atoms with Crippen LogP contribution in [0.1, 0.15) is 12.8 Å². The molecule has 0 amide bonds. The molecule has 0 spiro atoms. The van der Waals surface area contributed by atoms with E-state index in [2.05, 4.69) is 19.7 Å². The maximum atomic E-state index is 11.7. The van der Waals surface area contributed by atoms with Gasteiger partial charge in [0.25, 0.3) is 0 Å². The molecule has 8 heteroatoms. The molecule has 2 heterocycles. The van der Waals surface area contributed by atoms with Crippen molar-refractivity contribution in [3.05, 3.63) is 31.0 Å². The Labute approximate surface area is 117 Å². The van der Waals surface area contributed by atoms with Crippen LogP contribution in [-0.2, 0) is 16.6 Å². The van der Waals surface area contributed by atoms with Crippen molar-refractivity contribution < 1.29 is 8.42 Å². The molecule has 2 aromatic rings. The van der Waals surface area contributed by atoms with Crippen LogP contribution in [-0.4, -0.2) is 39.7 Å². The zero-order chi connectivity index (χ0) is 14.0. The highest BCUT2D eigenvalue weighted by Gasteiger charge is 2.35. The van der Waals surface area contributed by atoms with Crippen molar-refractivity contribution in [3.8, 4) is 11.5 Å². The van der Waals surface area contributed by atoms with Crippen LogP contribution in [0.3, 0.4) is 0 Å². The maximum Gasteiger partial charge on any atom is 0.214 e. The molecule has 7 nitrogen and oxygen atoms in total. The Kier molecular flexibility index (Phi) is 3.49. The van der Waals surface area contributed by atoms with E-state index < -0.39 is 10.0 Å². The van der Waals surface area contributed by atoms with E-state index in [1.54, 1.807) is 31.0 Å². The summed E-state index contributed by atoms with van der Waals surface area (Å²) in [5.74, 6) is 0.684. The number of nitrogens with zero attached hydrogens (tertiary/aromatic N) is 4. The van der Waals surface area contributed by atoms with Gasteiger partial charge < -0.3 is 4.57 Å². The monoisotopic (exact) mass is 293 g/mol. The standard InChI is InChI=1S/C12H15N5O2S/c18-20(19,10-1-2-10)16-6-8-17-7-5-15-12(17)11-9-13-3-4-14-11/h3-5,7,9-10,16H,1-2,6,8H2. The van der Waals surface area contributed by atoms with Gasteiger partial charge in [-0.05, 0) is 12.8 Å². The van der Waals surface area contributed by atoms with Gasteiger partial charge in [0.1, 0.15) is 5.69 Å². The molecule has 3 rings (SSSR count). The Balaban J connectivity index is 1.66. The van der Waals surface area contributed by atoms with E-state index in [-0.39, 0.29) is 5.25 Å². The van der Waals surface area contributed by atoms with Crippen LogP contribution in [0.15, 0.2) is 31.0 Å². The minimum Gasteiger partial charge on any atom is -0.328 e. The summed E-state index contributed by atoms with van der Waals surface area (Å²) < 4.78 is 27.9. The molecule has 0 bridgehead atoms. The van der Waals surface area contributed by atoms with Crippen molar-refractivity contribution in [3.63, 3.8) is 0 Å². The first-order valence-electron chi connectivity index (χ1n) is 6.43. The normalized spacial score (nSPS) is 15.4. The van der Waals surface area contributed by atoms with Crippen LogP contribution in [0.25, 0.3) is 11.5 Å². The van der Waals surface area contributed by atoms with E-state index in [9.17, 15) is 8.42 Å². The van der Waals surface area contributed by atoms with Gasteiger partial charge in [0.2, 0.25) is 10.0 Å². The quantitative estimate of drug-likeness (QED) is 0.833. The molecule has 1 aliphatic rings. The highest BCUT2D eigenvalue weighted by Crippen LogP contribution is 2.27. The second-order valence-electron chi connectivity index (χ2n) is 4.67. The third-order valence-electron chi connectivity index (χ3n) is 3.13. The minimum absolute atomic E-state index is 0.190. The Morgan fingerprint density at radius 1 is 1.25 bits per heavy atom. The van der Waals surface area contributed by atoms with Crippen molar-refractivity contribution >= 4 is 10.0 Å². The summed E-state index contributed by atoms with van der Waals surface area (Å²) in [6, 6.07) is 0. The number of hydrogen-bond donors (Lipinski definition) is 1. The van der Waals surface area contributed by atoms with Gasteiger partial charge in [0.15, 0.2) is 5.82 Å². The molecule has 2 aromatic heterocycles. The Morgan fingerprint density at radius 3 is 2.80 bits per heavy atom. The molecule has 0 unspecified atom stereocenters. The molecule has 0 saturated heterocycles. The molecule has 106 valence electrons. The average molecular weight is 293 g/mol. The fourth-order valence-corrected chi connectivity index (χ4v) is 3.31. The number of aromatic nitrogens is 4. The highest BCUT2D eigenvalue weighted by atomic mass is 32.2. The minimum atomic E-state index is -3.13. The van der Waals surface area contributed by atoms with Gasteiger partial charge in [-0.25, -0.2) is 23.1 Å². The van der Waals surface area contributed by atoms with Gasteiger partial charge >= 0.3 is 0 Å². The van der Waals surface area contributed by atoms with Crippen LogP contribution in [0.4, 0.5) is 0 Å². The Bertz CT molecular complexity index is 679. The lowest BCUT2D eigenvalue weighted by molar-refractivity contribution is 0.572. The predicted octanol–water partition coefficient (Wildman–Crippen LogP) is 0.422. The lowest BCUT2D eigenvalue weighted by atomic mass is 10.4. The summed E-state index contributed by atoms with van der Waals surface area (Å²) in [6.07, 6.45) is 9.84. The third kappa shape index (κ3) is 2.86. The molecular weight excluding hydrogens is 278 g/mol. The van der Waals surface area contributed by atoms with E-state index >= 15 is 0 Å². The van der Waals surface area contributed by atoms with Crippen LogP contribution in [0, 0.1) is 0 Å². The van der Waals surface area contributed by atoms with Crippen LogP contribution in [0.2, 0.25) is 0 Å². The van der Waals surface area contributed by atoms with Gasteiger partial charge in [0.05, 0.1) is 11.4 Å². The van der Waals surface area contributed by atoms with Crippen molar-refractivity contribution in [2.75, 3.05) is 6.54 Å². The van der Waals surface area contributed by atoms with E-state index in [0.29, 0.717) is 24.6 Å². The average Bonchev–Trinajstić information content (AvgIpc) is 3.21. The van der Waals surface area contributed by atoms with Crippen molar-refractivity contribution in [1.29, 1.82) is 0 Å². The van der Waals surface area contributed by atoms with E-state index in [1.165, 1.54) is 0 Å². The molecule has 0 atom stereocenters. The molecule has 1 fully saturated rings. The van der Waals surface area contributed by atoms with Crippen LogP contribution >= 0.6 is 0 Å². The number of imidazole rings is 1. The zero-order valence-corrected chi connectivity index (χ0v) is 11.6. The summed E-state index contributed by atoms with van der Waals surface area (Å²) >= 11 is 0. The first-order valence-corrected chi connectivity index (χ1v) is 7.97. The van der Waals surface area contributed by atoms with Gasteiger partial charge in [-0.15, -0.1) is 0 Å². The predicted molar refractivity (Wildman–Crippen MR) is 73.2 cm³/mol. The number of hydrogen-bond acceptors (Lipinski definition) is 5. The first-order chi connectivity index (χ1) is 9.67. The molecular formula is C12H15N5O2S. The van der Waals surface area contributed by atoms with Gasteiger partial charge in [-0.3, -0.25) is 4.98 Å². The Hall–Kier alpha value is -1.80. The van der Waals surface area contributed by atoms with Crippen molar-refractivity contribution in [2.45, 2.75) is 24.6 Å². The summed E-state index contributed by atoms with van der Waals surface area (Å²) in [5.41, 5.74) is 0.669. The van der Waals surface area contributed by atoms with Gasteiger partial charge in [0, 0.05) is 37.9 Å². The van der Waals surface area contributed by atoms with Crippen LogP contribution < -0.4 is 4.72 Å². The second-order valence-corrected chi connectivity index (χ2v) is 6.72. The van der Waals surface area contributed by atoms with E-state index in [0.717, 1.165) is 12.8 Å². The molecule has 0 radical (unpaired) electrons. The molecule has 20 heavy (non-hydrogen) atoms. The van der Waals surface area contributed by atoms with Crippen LogP contribution in [0.5, 0.6) is 0 Å². The second kappa shape index (κ2) is 5.29. The lowest BCUT2D eigenvalue weighted by Crippen LogP contribution is -2.30. The molecule has 0 aromatic carbocycles. The Morgan fingerprint density at radius 2 is 2.10 bits per heavy atom. The maximum absolute atomic E-state index is 11.7. The highest BCUT2D eigenvalue weighted by molar-refractivity contribution is 7.90. The van der Waals surface area contributed by atoms with Crippen molar-refractivity contribution in [1.82, 2.24) is 24.2 Å². The largest absolute Gasteiger partial charge is 0.328 e. The SMILES string of the molecule is O=S(=O)(NCCn1ccnc1-c1cnccn1)C1CC1. The topological polar surface area (TPSA) is 89.8 Å². The summed E-state index contributed by atoms with van der Waals surface area (Å²) in [6.45, 7) is 0.861. The fourth-order valence-electron chi connectivity index (χ4n) is 1.94. The van der Waals surface area contributed by atoms with Gasteiger partial charge in [-0.1, -0.05) is 0 Å². The van der Waals surface area contributed by atoms with Crippen molar-refractivity contribution in [2.24, 2.45) is 0 Å². The zero-order valence-electron chi connectivity index (χ0n) is 10.8. The fraction of sp³-hybridized carbons (Fsp3) is 0.417. The third-order valence-corrected chi connectivity index (χ3v) is 5.08. The first kappa shape index (κ1) is 13.2.